The molecule has 0 bridgehead atoms. The lowest BCUT2D eigenvalue weighted by Gasteiger charge is -2.12. The van der Waals surface area contributed by atoms with E-state index in [1.807, 2.05) is 0 Å². The zero-order chi connectivity index (χ0) is 20.9. The molecular weight excluding hydrogens is 385 g/mol. The molecule has 6 nitrogen and oxygen atoms in total. The van der Waals surface area contributed by atoms with Crippen LogP contribution in [0.2, 0.25) is 0 Å². The first-order valence-corrected chi connectivity index (χ1v) is 8.35. The normalized spacial score (nSPS) is 11.4. The molecule has 0 spiro atoms. The van der Waals surface area contributed by atoms with Gasteiger partial charge in [0.05, 0.1) is 17.5 Å². The number of aromatic nitrogens is 1. The Balaban J connectivity index is 1.77. The minimum Gasteiger partial charge on any atom is -0.507 e. The highest BCUT2D eigenvalue weighted by Crippen LogP contribution is 2.30. The summed E-state index contributed by atoms with van der Waals surface area (Å²) in [6.45, 7) is 0. The van der Waals surface area contributed by atoms with Crippen LogP contribution in [0.25, 0.3) is 0 Å². The van der Waals surface area contributed by atoms with E-state index in [0.717, 1.165) is 12.3 Å². The van der Waals surface area contributed by atoms with Crippen molar-refractivity contribution in [2.45, 2.75) is 6.18 Å². The molecule has 3 aromatic rings. The van der Waals surface area contributed by atoms with Gasteiger partial charge in [-0.1, -0.05) is 24.3 Å². The second kappa shape index (κ2) is 8.42. The lowest BCUT2D eigenvalue weighted by atomic mass is 10.1. The largest absolute Gasteiger partial charge is 0.507 e. The second-order valence-electron chi connectivity index (χ2n) is 5.86. The van der Waals surface area contributed by atoms with Crippen LogP contribution in [-0.2, 0) is 6.18 Å². The monoisotopic (exact) mass is 400 g/mol. The highest BCUT2D eigenvalue weighted by molar-refractivity contribution is 6.00. The Bertz CT molecular complexity index is 1050. The predicted octanol–water partition coefficient (Wildman–Crippen LogP) is 4.31. The molecule has 0 aliphatic heterocycles. The van der Waals surface area contributed by atoms with Crippen molar-refractivity contribution in [3.05, 3.63) is 83.7 Å². The molecule has 1 heterocycles. The number of alkyl halides is 3. The smallest absolute Gasteiger partial charge is 0.433 e. The molecule has 0 atom stereocenters. The molecule has 2 aromatic carbocycles. The lowest BCUT2D eigenvalue weighted by Crippen LogP contribution is -2.19. The van der Waals surface area contributed by atoms with Crippen LogP contribution >= 0.6 is 0 Å². The van der Waals surface area contributed by atoms with Gasteiger partial charge in [-0.3, -0.25) is 9.78 Å². The minimum atomic E-state index is -4.58. The molecule has 3 N–H and O–H groups in total. The Morgan fingerprint density at radius 1 is 1.07 bits per heavy atom. The van der Waals surface area contributed by atoms with E-state index in [2.05, 4.69) is 20.8 Å². The molecule has 1 aromatic heterocycles. The zero-order valence-corrected chi connectivity index (χ0v) is 14.8. The number of nitrogens with zero attached hydrogens (tertiary/aromatic N) is 2. The molecule has 148 valence electrons. The predicted molar refractivity (Wildman–Crippen MR) is 102 cm³/mol. The van der Waals surface area contributed by atoms with Crippen LogP contribution in [-0.4, -0.2) is 22.2 Å². The van der Waals surface area contributed by atoms with Gasteiger partial charge >= 0.3 is 6.18 Å². The number of hydrogen-bond donors (Lipinski definition) is 3. The van der Waals surface area contributed by atoms with E-state index >= 15 is 0 Å². The number of hydrazone groups is 1. The third-order valence-electron chi connectivity index (χ3n) is 3.81. The highest BCUT2D eigenvalue weighted by Gasteiger charge is 2.32. The fraction of sp³-hybridized carbons (Fsp3) is 0.0500. The van der Waals surface area contributed by atoms with Gasteiger partial charge in [-0.25, -0.2) is 5.43 Å². The van der Waals surface area contributed by atoms with E-state index in [1.165, 1.54) is 24.4 Å². The van der Waals surface area contributed by atoms with Gasteiger partial charge in [-0.2, -0.15) is 18.3 Å². The van der Waals surface area contributed by atoms with Crippen molar-refractivity contribution in [1.82, 2.24) is 10.4 Å². The third kappa shape index (κ3) is 5.10. The van der Waals surface area contributed by atoms with Crippen LogP contribution < -0.4 is 10.7 Å². The van der Waals surface area contributed by atoms with E-state index < -0.39 is 17.8 Å². The summed E-state index contributed by atoms with van der Waals surface area (Å²) in [6, 6.07) is 15.0. The SMILES string of the molecule is O=C(N/N=C/c1ccccc1O)c1ccccc1Nc1ccnc(C(F)(F)F)c1. The number of phenols is 1. The number of pyridine rings is 1. The Labute approximate surface area is 163 Å². The Morgan fingerprint density at radius 2 is 1.79 bits per heavy atom. The number of phenolic OH excluding ortho intramolecular Hbond substituents is 1. The number of benzene rings is 2. The Kier molecular flexibility index (Phi) is 5.77. The van der Waals surface area contributed by atoms with Crippen molar-refractivity contribution >= 4 is 23.5 Å². The topological polar surface area (TPSA) is 86.6 Å². The van der Waals surface area contributed by atoms with Gasteiger partial charge in [0.1, 0.15) is 11.4 Å². The molecule has 0 saturated heterocycles. The first-order valence-electron chi connectivity index (χ1n) is 8.35. The number of rotatable bonds is 5. The molecule has 0 saturated carbocycles. The van der Waals surface area contributed by atoms with Crippen molar-refractivity contribution in [2.75, 3.05) is 5.32 Å². The average Bonchev–Trinajstić information content (AvgIpc) is 2.69. The van der Waals surface area contributed by atoms with Gasteiger partial charge in [0, 0.05) is 17.4 Å². The number of hydrogen-bond acceptors (Lipinski definition) is 5. The van der Waals surface area contributed by atoms with E-state index in [4.69, 9.17) is 0 Å². The van der Waals surface area contributed by atoms with Crippen molar-refractivity contribution in [2.24, 2.45) is 5.10 Å². The Morgan fingerprint density at radius 3 is 2.55 bits per heavy atom. The average molecular weight is 400 g/mol. The maximum atomic E-state index is 12.8. The van der Waals surface area contributed by atoms with E-state index in [-0.39, 0.29) is 17.0 Å². The summed E-state index contributed by atoms with van der Waals surface area (Å²) >= 11 is 0. The van der Waals surface area contributed by atoms with Crippen LogP contribution in [0.5, 0.6) is 5.75 Å². The number of carbonyl (C=O) groups is 1. The Hall–Kier alpha value is -3.88. The van der Waals surface area contributed by atoms with E-state index in [1.54, 1.807) is 36.4 Å². The summed E-state index contributed by atoms with van der Waals surface area (Å²) in [6.07, 6.45) is -2.27. The number of nitrogens with one attached hydrogen (secondary N) is 2. The number of para-hydroxylation sites is 2. The van der Waals surface area contributed by atoms with Crippen LogP contribution in [0.3, 0.4) is 0 Å². The molecule has 9 heteroatoms. The molecule has 0 unspecified atom stereocenters. The summed E-state index contributed by atoms with van der Waals surface area (Å²) in [7, 11) is 0. The number of carbonyl (C=O) groups excluding carboxylic acids is 1. The second-order valence-corrected chi connectivity index (χ2v) is 5.86. The van der Waals surface area contributed by atoms with Crippen molar-refractivity contribution in [1.29, 1.82) is 0 Å². The van der Waals surface area contributed by atoms with Crippen molar-refractivity contribution in [3.63, 3.8) is 0 Å². The summed E-state index contributed by atoms with van der Waals surface area (Å²) < 4.78 is 38.5. The number of anilines is 2. The van der Waals surface area contributed by atoms with Crippen LogP contribution in [0, 0.1) is 0 Å². The lowest BCUT2D eigenvalue weighted by molar-refractivity contribution is -0.141. The van der Waals surface area contributed by atoms with Crippen LogP contribution in [0.15, 0.2) is 72.0 Å². The maximum Gasteiger partial charge on any atom is 0.433 e. The van der Waals surface area contributed by atoms with Gasteiger partial charge in [0.25, 0.3) is 5.91 Å². The van der Waals surface area contributed by atoms with Crippen LogP contribution in [0.1, 0.15) is 21.6 Å². The number of aromatic hydroxyl groups is 1. The summed E-state index contributed by atoms with van der Waals surface area (Å²) in [5.74, 6) is -0.574. The van der Waals surface area contributed by atoms with Crippen molar-refractivity contribution < 1.29 is 23.1 Å². The summed E-state index contributed by atoms with van der Waals surface area (Å²) in [5, 5.41) is 16.3. The molecule has 3 rings (SSSR count). The molecule has 0 aliphatic carbocycles. The fourth-order valence-electron chi connectivity index (χ4n) is 2.43. The summed E-state index contributed by atoms with van der Waals surface area (Å²) in [4.78, 5) is 15.7. The maximum absolute atomic E-state index is 12.8. The van der Waals surface area contributed by atoms with Gasteiger partial charge in [0.2, 0.25) is 0 Å². The fourth-order valence-corrected chi connectivity index (χ4v) is 2.43. The minimum absolute atomic E-state index is 0.00530. The zero-order valence-electron chi connectivity index (χ0n) is 14.8. The highest BCUT2D eigenvalue weighted by atomic mass is 19.4. The van der Waals surface area contributed by atoms with E-state index in [0.29, 0.717) is 11.3 Å². The standard InChI is InChI=1S/C20H15F3N4O2/c21-20(22,23)18-11-14(9-10-24-18)26-16-7-3-2-6-15(16)19(29)27-25-12-13-5-1-4-8-17(13)28/h1-12,28H,(H,24,26)(H,27,29)/b25-12+. The van der Waals surface area contributed by atoms with Gasteiger partial charge < -0.3 is 10.4 Å². The number of halogens is 3. The molecule has 1 amide bonds. The molecule has 0 aliphatic rings. The molecule has 29 heavy (non-hydrogen) atoms. The van der Waals surface area contributed by atoms with Crippen LogP contribution in [0.4, 0.5) is 24.5 Å². The van der Waals surface area contributed by atoms with Crippen molar-refractivity contribution in [3.8, 4) is 5.75 Å². The first kappa shape index (κ1) is 19.9. The van der Waals surface area contributed by atoms with Gasteiger partial charge in [0.15, 0.2) is 0 Å². The molecular formula is C20H15F3N4O2. The van der Waals surface area contributed by atoms with E-state index in [9.17, 15) is 23.1 Å². The molecule has 0 fully saturated rings. The quantitative estimate of drug-likeness (QED) is 0.440. The van der Waals surface area contributed by atoms with Gasteiger partial charge in [-0.05, 0) is 36.4 Å². The van der Waals surface area contributed by atoms with Gasteiger partial charge in [-0.15, -0.1) is 0 Å². The first-order chi connectivity index (χ1) is 13.8. The molecule has 0 radical (unpaired) electrons. The summed E-state index contributed by atoms with van der Waals surface area (Å²) in [5.41, 5.74) is 2.29. The number of amides is 1. The third-order valence-corrected chi connectivity index (χ3v) is 3.81.